The molecule has 0 fully saturated rings. The molecule has 1 heterocycles. The van der Waals surface area contributed by atoms with E-state index in [1.807, 2.05) is 0 Å². The Morgan fingerprint density at radius 3 is 2.77 bits per heavy atom. The maximum absolute atomic E-state index is 12.2. The number of hydrogen-bond acceptors (Lipinski definition) is 7. The number of hydrogen-bond donors (Lipinski definition) is 1. The first-order chi connectivity index (χ1) is 10.4. The molecule has 0 radical (unpaired) electrons. The smallest absolute Gasteiger partial charge is 0.349 e. The minimum absolute atomic E-state index is 0.0696. The third kappa shape index (κ3) is 3.09. The van der Waals surface area contributed by atoms with E-state index in [-0.39, 0.29) is 21.3 Å². The molecule has 8 nitrogen and oxygen atoms in total. The molecule has 0 bridgehead atoms. The Hall–Kier alpha value is -2.81. The largest absolute Gasteiger partial charge is 0.465 e. The van der Waals surface area contributed by atoms with Gasteiger partial charge in [-0.2, -0.15) is 0 Å². The van der Waals surface area contributed by atoms with Gasteiger partial charge in [0.1, 0.15) is 10.4 Å². The molecule has 0 spiro atoms. The molecule has 0 aliphatic carbocycles. The van der Waals surface area contributed by atoms with E-state index in [0.717, 1.165) is 11.3 Å². The number of rotatable bonds is 4. The highest BCUT2D eigenvalue weighted by Crippen LogP contribution is 2.25. The number of aromatic nitrogens is 1. The topological polar surface area (TPSA) is 111 Å². The van der Waals surface area contributed by atoms with E-state index in [0.29, 0.717) is 5.56 Å². The maximum Gasteiger partial charge on any atom is 0.349 e. The number of benzene rings is 1. The summed E-state index contributed by atoms with van der Waals surface area (Å²) in [5.74, 6) is -1.24. The zero-order valence-corrected chi connectivity index (χ0v) is 12.5. The lowest BCUT2D eigenvalue weighted by Gasteiger charge is -2.04. The standard InChI is InChI=1S/C13H11N3O5S/c1-7-4-3-5-8(10(7)16(19)20)11(17)15-13-14-6-9(22-13)12(18)21-2/h3-6H,1-2H3,(H,14,15,17). The highest BCUT2D eigenvalue weighted by atomic mass is 32.1. The molecular weight excluding hydrogens is 310 g/mol. The monoisotopic (exact) mass is 321 g/mol. The van der Waals surface area contributed by atoms with Crippen molar-refractivity contribution in [1.29, 1.82) is 0 Å². The summed E-state index contributed by atoms with van der Waals surface area (Å²) in [6.07, 6.45) is 1.26. The summed E-state index contributed by atoms with van der Waals surface area (Å²) in [6, 6.07) is 4.46. The van der Waals surface area contributed by atoms with Gasteiger partial charge < -0.3 is 4.74 Å². The first-order valence-corrected chi connectivity index (χ1v) is 6.85. The number of aryl methyl sites for hydroxylation is 1. The Morgan fingerprint density at radius 1 is 1.41 bits per heavy atom. The van der Waals surface area contributed by atoms with Crippen molar-refractivity contribution in [3.8, 4) is 0 Å². The van der Waals surface area contributed by atoms with Crippen LogP contribution >= 0.6 is 11.3 Å². The van der Waals surface area contributed by atoms with Crippen molar-refractivity contribution < 1.29 is 19.2 Å². The highest BCUT2D eigenvalue weighted by Gasteiger charge is 2.23. The van der Waals surface area contributed by atoms with Crippen LogP contribution in [-0.4, -0.2) is 28.9 Å². The molecule has 1 aromatic carbocycles. The van der Waals surface area contributed by atoms with Crippen LogP contribution < -0.4 is 5.32 Å². The van der Waals surface area contributed by atoms with Crippen LogP contribution in [0.1, 0.15) is 25.6 Å². The molecule has 0 aliphatic rings. The normalized spacial score (nSPS) is 10.1. The van der Waals surface area contributed by atoms with Gasteiger partial charge in [-0.25, -0.2) is 9.78 Å². The number of nitrogens with one attached hydrogen (secondary N) is 1. The van der Waals surface area contributed by atoms with Crippen LogP contribution in [0, 0.1) is 17.0 Å². The van der Waals surface area contributed by atoms with Gasteiger partial charge in [-0.05, 0) is 13.0 Å². The Balaban J connectivity index is 2.27. The summed E-state index contributed by atoms with van der Waals surface area (Å²) in [7, 11) is 1.23. The Kier molecular flexibility index (Phi) is 4.47. The van der Waals surface area contributed by atoms with Crippen molar-refractivity contribution in [3.63, 3.8) is 0 Å². The van der Waals surface area contributed by atoms with Crippen LogP contribution in [0.3, 0.4) is 0 Å². The first kappa shape index (κ1) is 15.6. The maximum atomic E-state index is 12.2. The van der Waals surface area contributed by atoms with Crippen LogP contribution in [0.15, 0.2) is 24.4 Å². The summed E-state index contributed by atoms with van der Waals surface area (Å²) in [6.45, 7) is 1.55. The van der Waals surface area contributed by atoms with Crippen molar-refractivity contribution >= 4 is 34.0 Å². The number of methoxy groups -OCH3 is 1. The van der Waals surface area contributed by atoms with E-state index in [1.165, 1.54) is 19.4 Å². The average molecular weight is 321 g/mol. The summed E-state index contributed by atoms with van der Waals surface area (Å²) in [5, 5.41) is 13.7. The molecule has 114 valence electrons. The Labute approximate surface area is 128 Å². The van der Waals surface area contributed by atoms with Gasteiger partial charge in [-0.3, -0.25) is 20.2 Å². The molecule has 0 unspecified atom stereocenters. The number of ether oxygens (including phenoxy) is 1. The van der Waals surface area contributed by atoms with Crippen LogP contribution in [-0.2, 0) is 4.74 Å². The summed E-state index contributed by atoms with van der Waals surface area (Å²) >= 11 is 0.920. The SMILES string of the molecule is COC(=O)c1cnc(NC(=O)c2cccc(C)c2[N+](=O)[O-])s1. The van der Waals surface area contributed by atoms with E-state index in [2.05, 4.69) is 15.0 Å². The Bertz CT molecular complexity index is 756. The molecule has 2 rings (SSSR count). The van der Waals surface area contributed by atoms with Crippen LogP contribution in [0.4, 0.5) is 10.8 Å². The van der Waals surface area contributed by atoms with E-state index >= 15 is 0 Å². The lowest BCUT2D eigenvalue weighted by Crippen LogP contribution is -2.14. The number of anilines is 1. The molecular formula is C13H11N3O5S. The number of amides is 1. The van der Waals surface area contributed by atoms with Crippen molar-refractivity contribution in [2.45, 2.75) is 6.92 Å². The van der Waals surface area contributed by atoms with Gasteiger partial charge in [0, 0.05) is 5.56 Å². The fourth-order valence-electron chi connectivity index (χ4n) is 1.78. The molecule has 22 heavy (non-hydrogen) atoms. The fraction of sp³-hybridized carbons (Fsp3) is 0.154. The molecule has 2 aromatic rings. The number of carbonyl (C=O) groups is 2. The molecule has 1 N–H and O–H groups in total. The van der Waals surface area contributed by atoms with Crippen molar-refractivity contribution in [2.75, 3.05) is 12.4 Å². The number of esters is 1. The summed E-state index contributed by atoms with van der Waals surface area (Å²) < 4.78 is 4.53. The van der Waals surface area contributed by atoms with Crippen LogP contribution in [0.2, 0.25) is 0 Å². The van der Waals surface area contributed by atoms with Crippen molar-refractivity contribution in [1.82, 2.24) is 4.98 Å². The molecule has 0 aliphatic heterocycles. The molecule has 1 aromatic heterocycles. The predicted octanol–water partition coefficient (Wildman–Crippen LogP) is 2.40. The lowest BCUT2D eigenvalue weighted by atomic mass is 10.1. The van der Waals surface area contributed by atoms with Crippen molar-refractivity contribution in [2.24, 2.45) is 0 Å². The Morgan fingerprint density at radius 2 is 2.14 bits per heavy atom. The van der Waals surface area contributed by atoms with Gasteiger partial charge in [0.05, 0.1) is 18.2 Å². The van der Waals surface area contributed by atoms with Gasteiger partial charge in [-0.15, -0.1) is 0 Å². The first-order valence-electron chi connectivity index (χ1n) is 6.03. The third-order valence-corrected chi connectivity index (χ3v) is 3.67. The second-order valence-electron chi connectivity index (χ2n) is 4.20. The highest BCUT2D eigenvalue weighted by molar-refractivity contribution is 7.17. The lowest BCUT2D eigenvalue weighted by molar-refractivity contribution is -0.385. The predicted molar refractivity (Wildman–Crippen MR) is 79.2 cm³/mol. The van der Waals surface area contributed by atoms with Gasteiger partial charge >= 0.3 is 5.97 Å². The van der Waals surface area contributed by atoms with E-state index in [1.54, 1.807) is 19.1 Å². The van der Waals surface area contributed by atoms with Crippen LogP contribution in [0.5, 0.6) is 0 Å². The number of carbonyl (C=O) groups excluding carboxylic acids is 2. The van der Waals surface area contributed by atoms with E-state index < -0.39 is 16.8 Å². The number of nitro groups is 1. The van der Waals surface area contributed by atoms with E-state index in [9.17, 15) is 19.7 Å². The van der Waals surface area contributed by atoms with Gasteiger partial charge in [0.15, 0.2) is 5.13 Å². The van der Waals surface area contributed by atoms with Gasteiger partial charge in [0.25, 0.3) is 11.6 Å². The number of nitrogens with zero attached hydrogens (tertiary/aromatic N) is 2. The number of thiazole rings is 1. The molecule has 0 atom stereocenters. The second-order valence-corrected chi connectivity index (χ2v) is 5.23. The summed E-state index contributed by atoms with van der Waals surface area (Å²) in [4.78, 5) is 38.1. The minimum atomic E-state index is -0.666. The average Bonchev–Trinajstić information content (AvgIpc) is 2.94. The molecule has 0 saturated heterocycles. The summed E-state index contributed by atoms with van der Waals surface area (Å²) in [5.41, 5.74) is 0.0524. The molecule has 1 amide bonds. The molecule has 9 heteroatoms. The third-order valence-electron chi connectivity index (χ3n) is 2.78. The minimum Gasteiger partial charge on any atom is -0.465 e. The molecule has 0 saturated carbocycles. The second kappa shape index (κ2) is 6.31. The zero-order valence-electron chi connectivity index (χ0n) is 11.7. The van der Waals surface area contributed by atoms with Crippen molar-refractivity contribution in [3.05, 3.63) is 50.5 Å². The number of nitro benzene ring substituents is 1. The fourth-order valence-corrected chi connectivity index (χ4v) is 2.51. The zero-order chi connectivity index (χ0) is 16.3. The number of para-hydroxylation sites is 1. The van der Waals surface area contributed by atoms with E-state index in [4.69, 9.17) is 0 Å². The van der Waals surface area contributed by atoms with Gasteiger partial charge in [-0.1, -0.05) is 23.5 Å². The quantitative estimate of drug-likeness (QED) is 0.526. The van der Waals surface area contributed by atoms with Crippen LogP contribution in [0.25, 0.3) is 0 Å². The van der Waals surface area contributed by atoms with Gasteiger partial charge in [0.2, 0.25) is 0 Å².